The second-order valence-electron chi connectivity index (χ2n) is 4.39. The lowest BCUT2D eigenvalue weighted by molar-refractivity contribution is 0.0676. The second-order valence-corrected chi connectivity index (χ2v) is 4.39. The Kier molecular flexibility index (Phi) is 3.08. The average Bonchev–Trinajstić information content (AvgIpc) is 2.87. The van der Waals surface area contributed by atoms with Crippen molar-refractivity contribution in [3.05, 3.63) is 30.2 Å². The van der Waals surface area contributed by atoms with Crippen molar-refractivity contribution in [2.45, 2.75) is 12.5 Å². The van der Waals surface area contributed by atoms with Gasteiger partial charge in [0.05, 0.1) is 13.2 Å². The van der Waals surface area contributed by atoms with Gasteiger partial charge in [-0.2, -0.15) is 0 Å². The van der Waals surface area contributed by atoms with Crippen molar-refractivity contribution < 1.29 is 13.9 Å². The molecule has 1 saturated heterocycles. The van der Waals surface area contributed by atoms with E-state index in [2.05, 4.69) is 10.3 Å². The van der Waals surface area contributed by atoms with Gasteiger partial charge in [0.1, 0.15) is 5.52 Å². The fourth-order valence-electron chi connectivity index (χ4n) is 2.12. The molecule has 3 rings (SSSR count). The van der Waals surface area contributed by atoms with E-state index >= 15 is 0 Å². The van der Waals surface area contributed by atoms with Crippen molar-refractivity contribution in [1.82, 2.24) is 10.3 Å². The summed E-state index contributed by atoms with van der Waals surface area (Å²) in [6.07, 6.45) is 1.83. The number of benzene rings is 1. The molecule has 0 spiro atoms. The number of rotatable bonds is 3. The Morgan fingerprint density at radius 2 is 2.44 bits per heavy atom. The van der Waals surface area contributed by atoms with Gasteiger partial charge in [-0.3, -0.25) is 4.79 Å². The summed E-state index contributed by atoms with van der Waals surface area (Å²) in [4.78, 5) is 16.1. The van der Waals surface area contributed by atoms with Crippen LogP contribution in [0, 0.1) is 0 Å². The van der Waals surface area contributed by atoms with Gasteiger partial charge in [0.25, 0.3) is 0 Å². The van der Waals surface area contributed by atoms with Crippen LogP contribution in [0.25, 0.3) is 11.1 Å². The number of fused-ring (bicyclic) bond motifs is 1. The van der Waals surface area contributed by atoms with Gasteiger partial charge in [-0.1, -0.05) is 0 Å². The molecule has 1 aromatic carbocycles. The van der Waals surface area contributed by atoms with Gasteiger partial charge in [0.2, 0.25) is 0 Å². The van der Waals surface area contributed by atoms with Gasteiger partial charge < -0.3 is 14.5 Å². The number of morpholine rings is 1. The van der Waals surface area contributed by atoms with E-state index in [-0.39, 0.29) is 11.8 Å². The number of nitrogens with one attached hydrogen (secondary N) is 1. The summed E-state index contributed by atoms with van der Waals surface area (Å²) in [5.41, 5.74) is 2.08. The van der Waals surface area contributed by atoms with Crippen molar-refractivity contribution in [2.24, 2.45) is 0 Å². The molecule has 1 unspecified atom stereocenters. The SMILES string of the molecule is O=C(CC1COCCN1)c1ccc2ncoc2c1. The Morgan fingerprint density at radius 1 is 1.50 bits per heavy atom. The fraction of sp³-hybridized carbons (Fsp3) is 0.385. The van der Waals surface area contributed by atoms with Crippen LogP contribution in [0.2, 0.25) is 0 Å². The average molecular weight is 246 g/mol. The van der Waals surface area contributed by atoms with E-state index in [1.165, 1.54) is 6.39 Å². The molecule has 0 amide bonds. The first-order valence-corrected chi connectivity index (χ1v) is 6.00. The molecule has 18 heavy (non-hydrogen) atoms. The highest BCUT2D eigenvalue weighted by Gasteiger charge is 2.18. The minimum Gasteiger partial charge on any atom is -0.443 e. The predicted molar refractivity (Wildman–Crippen MR) is 65.6 cm³/mol. The molecule has 94 valence electrons. The van der Waals surface area contributed by atoms with Crippen LogP contribution in [-0.4, -0.2) is 36.6 Å². The Morgan fingerprint density at radius 3 is 3.28 bits per heavy atom. The van der Waals surface area contributed by atoms with E-state index in [0.717, 1.165) is 12.1 Å². The summed E-state index contributed by atoms with van der Waals surface area (Å²) in [6, 6.07) is 5.44. The molecule has 5 nitrogen and oxygen atoms in total. The number of oxazole rings is 1. The number of hydrogen-bond donors (Lipinski definition) is 1. The highest BCUT2D eigenvalue weighted by molar-refractivity contribution is 5.98. The van der Waals surface area contributed by atoms with Crippen LogP contribution in [0.3, 0.4) is 0 Å². The molecule has 0 bridgehead atoms. The third-order valence-corrected chi connectivity index (χ3v) is 3.08. The molecule has 0 radical (unpaired) electrons. The monoisotopic (exact) mass is 246 g/mol. The lowest BCUT2D eigenvalue weighted by Crippen LogP contribution is -2.42. The Bertz CT molecular complexity index is 558. The van der Waals surface area contributed by atoms with E-state index in [9.17, 15) is 4.79 Å². The van der Waals surface area contributed by atoms with E-state index < -0.39 is 0 Å². The summed E-state index contributed by atoms with van der Waals surface area (Å²) < 4.78 is 10.5. The number of hydrogen-bond acceptors (Lipinski definition) is 5. The summed E-state index contributed by atoms with van der Waals surface area (Å²) >= 11 is 0. The maximum Gasteiger partial charge on any atom is 0.181 e. The largest absolute Gasteiger partial charge is 0.443 e. The van der Waals surface area contributed by atoms with Crippen LogP contribution in [0.4, 0.5) is 0 Å². The fourth-order valence-corrected chi connectivity index (χ4v) is 2.12. The zero-order chi connectivity index (χ0) is 12.4. The molecule has 0 aliphatic carbocycles. The first-order valence-electron chi connectivity index (χ1n) is 6.00. The number of ketones is 1. The quantitative estimate of drug-likeness (QED) is 0.829. The minimum atomic E-state index is 0.0938. The number of ether oxygens (including phenoxy) is 1. The van der Waals surface area contributed by atoms with E-state index in [1.54, 1.807) is 18.2 Å². The Labute approximate surface area is 104 Å². The lowest BCUT2D eigenvalue weighted by atomic mass is 10.0. The molecule has 1 aliphatic heterocycles. The van der Waals surface area contributed by atoms with Gasteiger partial charge in [0.15, 0.2) is 17.8 Å². The van der Waals surface area contributed by atoms with Gasteiger partial charge >= 0.3 is 0 Å². The first kappa shape index (κ1) is 11.4. The van der Waals surface area contributed by atoms with Gasteiger partial charge in [0, 0.05) is 24.6 Å². The number of nitrogens with zero attached hydrogens (tertiary/aromatic N) is 1. The first-order chi connectivity index (χ1) is 8.83. The topological polar surface area (TPSA) is 64.4 Å². The molecule has 0 saturated carbocycles. The van der Waals surface area contributed by atoms with Crippen molar-refractivity contribution >= 4 is 16.9 Å². The standard InChI is InChI=1S/C13H14N2O3/c16-12(6-10-7-17-4-3-14-10)9-1-2-11-13(5-9)18-8-15-11/h1-2,5,8,10,14H,3-4,6-7H2. The van der Waals surface area contributed by atoms with Crippen molar-refractivity contribution in [2.75, 3.05) is 19.8 Å². The summed E-state index contributed by atoms with van der Waals surface area (Å²) in [5, 5.41) is 3.27. The number of carbonyl (C=O) groups excluding carboxylic acids is 1. The summed E-state index contributed by atoms with van der Waals surface area (Å²) in [7, 11) is 0. The van der Waals surface area contributed by atoms with Crippen LogP contribution in [0.5, 0.6) is 0 Å². The Hall–Kier alpha value is -1.72. The van der Waals surface area contributed by atoms with E-state index in [4.69, 9.17) is 9.15 Å². The van der Waals surface area contributed by atoms with Crippen molar-refractivity contribution in [3.63, 3.8) is 0 Å². The maximum atomic E-state index is 12.1. The van der Waals surface area contributed by atoms with Crippen LogP contribution in [0.1, 0.15) is 16.8 Å². The lowest BCUT2D eigenvalue weighted by Gasteiger charge is -2.23. The maximum absolute atomic E-state index is 12.1. The zero-order valence-corrected chi connectivity index (χ0v) is 9.89. The number of carbonyl (C=O) groups is 1. The van der Waals surface area contributed by atoms with Crippen LogP contribution >= 0.6 is 0 Å². The summed E-state index contributed by atoms with van der Waals surface area (Å²) in [6.45, 7) is 2.12. The molecule has 1 N–H and O–H groups in total. The molecule has 5 heteroatoms. The van der Waals surface area contributed by atoms with Crippen LogP contribution in [-0.2, 0) is 4.74 Å². The van der Waals surface area contributed by atoms with E-state index in [0.29, 0.717) is 30.8 Å². The molecule has 2 aromatic rings. The molecule has 1 aliphatic rings. The normalized spacial score (nSPS) is 20.1. The molecule has 2 heterocycles. The third kappa shape index (κ3) is 2.27. The molecular weight excluding hydrogens is 232 g/mol. The predicted octanol–water partition coefficient (Wildman–Crippen LogP) is 1.39. The minimum absolute atomic E-state index is 0.0938. The zero-order valence-electron chi connectivity index (χ0n) is 9.89. The van der Waals surface area contributed by atoms with Crippen LogP contribution < -0.4 is 5.32 Å². The molecule has 1 atom stereocenters. The smallest absolute Gasteiger partial charge is 0.181 e. The van der Waals surface area contributed by atoms with Crippen LogP contribution in [0.15, 0.2) is 29.0 Å². The molecule has 1 aromatic heterocycles. The van der Waals surface area contributed by atoms with Crippen molar-refractivity contribution in [3.8, 4) is 0 Å². The van der Waals surface area contributed by atoms with Gasteiger partial charge in [-0.05, 0) is 18.2 Å². The third-order valence-electron chi connectivity index (χ3n) is 3.08. The van der Waals surface area contributed by atoms with Crippen molar-refractivity contribution in [1.29, 1.82) is 0 Å². The van der Waals surface area contributed by atoms with E-state index in [1.807, 2.05) is 0 Å². The summed E-state index contributed by atoms with van der Waals surface area (Å²) in [5.74, 6) is 0.0938. The second kappa shape index (κ2) is 4.88. The van der Waals surface area contributed by atoms with Gasteiger partial charge in [-0.15, -0.1) is 0 Å². The van der Waals surface area contributed by atoms with Gasteiger partial charge in [-0.25, -0.2) is 4.98 Å². The Balaban J connectivity index is 1.74. The number of aromatic nitrogens is 1. The molecule has 1 fully saturated rings. The highest BCUT2D eigenvalue weighted by atomic mass is 16.5. The number of Topliss-reactive ketones (excluding diaryl/α,β-unsaturated/α-hetero) is 1. The molecular formula is C13H14N2O3. The highest BCUT2D eigenvalue weighted by Crippen LogP contribution is 2.16.